The van der Waals surface area contributed by atoms with Crippen molar-refractivity contribution in [1.29, 1.82) is 0 Å². The van der Waals surface area contributed by atoms with Gasteiger partial charge in [0.05, 0.1) is 4.90 Å². The molecule has 10 heteroatoms. The summed E-state index contributed by atoms with van der Waals surface area (Å²) in [5, 5.41) is 13.6. The zero-order valence-electron chi connectivity index (χ0n) is 11.7. The number of hydrogen-bond donors (Lipinski definition) is 2. The highest BCUT2D eigenvalue weighted by Gasteiger charge is 2.22. The van der Waals surface area contributed by atoms with Crippen LogP contribution < -0.4 is 5.14 Å². The van der Waals surface area contributed by atoms with E-state index >= 15 is 0 Å². The van der Waals surface area contributed by atoms with Gasteiger partial charge in [-0.05, 0) is 36.2 Å². The van der Waals surface area contributed by atoms with Gasteiger partial charge in [-0.3, -0.25) is 4.79 Å². The van der Waals surface area contributed by atoms with Gasteiger partial charge in [0.25, 0.3) is 0 Å². The first-order valence-electron chi connectivity index (χ1n) is 6.29. The van der Waals surface area contributed by atoms with Crippen molar-refractivity contribution in [1.82, 2.24) is 0 Å². The number of rotatable bonds is 6. The summed E-state index contributed by atoms with van der Waals surface area (Å²) < 4.78 is 47.0. The molecular weight excluding hydrogens is 362 g/mol. The number of sulfone groups is 1. The monoisotopic (exact) mass is 375 g/mol. The molecule has 0 bridgehead atoms. The van der Waals surface area contributed by atoms with E-state index in [0.29, 0.717) is 23.3 Å². The summed E-state index contributed by atoms with van der Waals surface area (Å²) in [4.78, 5) is 10.5. The van der Waals surface area contributed by atoms with Crippen molar-refractivity contribution < 1.29 is 26.7 Å². The molecule has 0 amide bonds. The number of hydrogen-bond acceptors (Lipinski definition) is 6. The molecule has 1 aromatic carbocycles. The van der Waals surface area contributed by atoms with Crippen molar-refractivity contribution in [2.45, 2.75) is 26.2 Å². The molecule has 0 atom stereocenters. The Morgan fingerprint density at radius 3 is 2.04 bits per heavy atom. The van der Waals surface area contributed by atoms with Crippen LogP contribution in [-0.4, -0.2) is 27.9 Å². The molecule has 0 saturated carbocycles. The number of sulfonamides is 1. The average molecular weight is 375 g/mol. The summed E-state index contributed by atoms with van der Waals surface area (Å²) in [7, 11) is -7.79. The van der Waals surface area contributed by atoms with Crippen molar-refractivity contribution in [3.8, 4) is 0 Å². The number of nitrogens with two attached hydrogens (primary N) is 1. The van der Waals surface area contributed by atoms with Gasteiger partial charge in [0.1, 0.15) is 8.42 Å². The Hall–Kier alpha value is -1.75. The molecule has 0 fully saturated rings. The second-order valence-corrected chi connectivity index (χ2v) is 9.71. The van der Waals surface area contributed by atoms with E-state index in [0.717, 1.165) is 6.07 Å². The minimum Gasteiger partial charge on any atom is -0.481 e. The molecule has 0 saturated heterocycles. The summed E-state index contributed by atoms with van der Waals surface area (Å²) in [5.74, 6) is -0.934. The van der Waals surface area contributed by atoms with Crippen LogP contribution in [0.4, 0.5) is 0 Å². The summed E-state index contributed by atoms with van der Waals surface area (Å²) in [5.41, 5.74) is 0.697. The minimum atomic E-state index is -3.95. The molecule has 3 N–H and O–H groups in total. The highest BCUT2D eigenvalue weighted by molar-refractivity contribution is 7.95. The summed E-state index contributed by atoms with van der Waals surface area (Å²) in [6, 6.07) is 8.13. The van der Waals surface area contributed by atoms with Gasteiger partial charge in [0, 0.05) is 6.42 Å². The van der Waals surface area contributed by atoms with E-state index in [-0.39, 0.29) is 19.7 Å². The molecule has 0 unspecified atom stereocenters. The lowest BCUT2D eigenvalue weighted by molar-refractivity contribution is -0.136. The van der Waals surface area contributed by atoms with Crippen LogP contribution in [0.15, 0.2) is 49.7 Å². The first-order chi connectivity index (χ1) is 10.6. The van der Waals surface area contributed by atoms with Gasteiger partial charge >= 0.3 is 5.97 Å². The van der Waals surface area contributed by atoms with Gasteiger partial charge in [0.15, 0.2) is 0 Å². The Balaban J connectivity index is 2.29. The van der Waals surface area contributed by atoms with Crippen molar-refractivity contribution in [2.24, 2.45) is 5.14 Å². The Kier molecular flexibility index (Phi) is 4.90. The Labute approximate surface area is 137 Å². The van der Waals surface area contributed by atoms with Crippen LogP contribution in [0.3, 0.4) is 0 Å². The lowest BCUT2D eigenvalue weighted by atomic mass is 10.1. The molecule has 0 spiro atoms. The van der Waals surface area contributed by atoms with Crippen LogP contribution in [0.2, 0.25) is 0 Å². The smallest absolute Gasteiger partial charge is 0.303 e. The van der Waals surface area contributed by atoms with E-state index in [9.17, 15) is 21.6 Å². The molecule has 0 aliphatic carbocycles. The number of carboxylic acids is 1. The average Bonchev–Trinajstić information content (AvgIpc) is 2.96. The van der Waals surface area contributed by atoms with Gasteiger partial charge in [-0.1, -0.05) is 12.1 Å². The zero-order valence-corrected chi connectivity index (χ0v) is 14.1. The molecule has 1 aromatic heterocycles. The maximum Gasteiger partial charge on any atom is 0.303 e. The predicted octanol–water partition coefficient (Wildman–Crippen LogP) is 1.25. The van der Waals surface area contributed by atoms with Crippen molar-refractivity contribution in [3.63, 3.8) is 0 Å². The first-order valence-corrected chi connectivity index (χ1v) is 10.1. The van der Waals surface area contributed by atoms with Gasteiger partial charge < -0.3 is 5.11 Å². The Morgan fingerprint density at radius 2 is 1.57 bits per heavy atom. The highest BCUT2D eigenvalue weighted by atomic mass is 32.3. The highest BCUT2D eigenvalue weighted by Crippen LogP contribution is 2.29. The number of benzene rings is 1. The summed E-state index contributed by atoms with van der Waals surface area (Å²) in [6.07, 6.45) is 0.249. The molecular formula is C13H13NO6S3. The third-order valence-corrected chi connectivity index (χ3v) is 7.75. The molecule has 2 rings (SSSR count). The van der Waals surface area contributed by atoms with Crippen LogP contribution in [0.1, 0.15) is 12.0 Å². The van der Waals surface area contributed by atoms with Crippen LogP contribution in [0, 0.1) is 0 Å². The van der Waals surface area contributed by atoms with Crippen LogP contribution in [0.25, 0.3) is 0 Å². The molecule has 0 aliphatic rings. The number of aryl methyl sites for hydroxylation is 1. The van der Waals surface area contributed by atoms with E-state index < -0.39 is 25.8 Å². The van der Waals surface area contributed by atoms with Crippen molar-refractivity contribution >= 4 is 37.2 Å². The quantitative estimate of drug-likeness (QED) is 0.781. The lowest BCUT2D eigenvalue weighted by Gasteiger charge is -2.04. The molecule has 2 aromatic rings. The SMILES string of the molecule is NS(=O)(=O)c1ccc(S(=O)(=O)c2ccc(CCC(=O)O)cc2)s1. The van der Waals surface area contributed by atoms with E-state index in [1.807, 2.05) is 0 Å². The van der Waals surface area contributed by atoms with Crippen LogP contribution in [0.5, 0.6) is 0 Å². The van der Waals surface area contributed by atoms with Gasteiger partial charge in [-0.2, -0.15) is 0 Å². The zero-order chi connectivity index (χ0) is 17.3. The lowest BCUT2D eigenvalue weighted by Crippen LogP contribution is -2.09. The molecule has 124 valence electrons. The third-order valence-electron chi connectivity index (χ3n) is 2.96. The minimum absolute atomic E-state index is 0.000561. The first kappa shape index (κ1) is 17.6. The van der Waals surface area contributed by atoms with E-state index in [4.69, 9.17) is 10.2 Å². The van der Waals surface area contributed by atoms with E-state index in [1.165, 1.54) is 30.3 Å². The second kappa shape index (κ2) is 6.40. The van der Waals surface area contributed by atoms with Gasteiger partial charge in [-0.15, -0.1) is 11.3 Å². The number of thiophene rings is 1. The predicted molar refractivity (Wildman–Crippen MR) is 83.5 cm³/mol. The fraction of sp³-hybridized carbons (Fsp3) is 0.154. The fourth-order valence-electron chi connectivity index (χ4n) is 1.80. The molecule has 0 radical (unpaired) electrons. The van der Waals surface area contributed by atoms with Crippen molar-refractivity contribution in [2.75, 3.05) is 0 Å². The van der Waals surface area contributed by atoms with E-state index in [1.54, 1.807) is 0 Å². The Bertz CT molecular complexity index is 926. The fourth-order valence-corrected chi connectivity index (χ4v) is 5.39. The maximum atomic E-state index is 12.4. The maximum absolute atomic E-state index is 12.4. The van der Waals surface area contributed by atoms with Gasteiger partial charge in [0.2, 0.25) is 19.9 Å². The standard InChI is InChI=1S/C13H13NO6S3/c14-23(19,20)13-8-7-12(21-13)22(17,18)10-4-1-9(2-5-10)3-6-11(15)16/h1-2,4-5,7-8H,3,6H2,(H,15,16)(H2,14,19,20). The third kappa shape index (κ3) is 4.16. The molecule has 1 heterocycles. The van der Waals surface area contributed by atoms with Gasteiger partial charge in [-0.25, -0.2) is 22.0 Å². The number of primary sulfonamides is 1. The normalized spacial score (nSPS) is 12.2. The number of aliphatic carboxylic acids is 1. The topological polar surface area (TPSA) is 132 Å². The number of carbonyl (C=O) groups is 1. The second-order valence-electron chi connectivity index (χ2n) is 4.66. The largest absolute Gasteiger partial charge is 0.481 e. The van der Waals surface area contributed by atoms with E-state index in [2.05, 4.69) is 0 Å². The molecule has 0 aliphatic heterocycles. The van der Waals surface area contributed by atoms with Crippen molar-refractivity contribution in [3.05, 3.63) is 42.0 Å². The van der Waals surface area contributed by atoms with Crippen LogP contribution >= 0.6 is 11.3 Å². The summed E-state index contributed by atoms with van der Waals surface area (Å²) >= 11 is 0.581. The molecule has 7 nitrogen and oxygen atoms in total. The summed E-state index contributed by atoms with van der Waals surface area (Å²) in [6.45, 7) is 0. The molecule has 23 heavy (non-hydrogen) atoms. The Morgan fingerprint density at radius 1 is 1.00 bits per heavy atom. The van der Waals surface area contributed by atoms with Crippen LogP contribution in [-0.2, 0) is 31.1 Å². The number of carboxylic acid groups (broad SMARTS) is 1.